The van der Waals surface area contributed by atoms with E-state index in [1.165, 1.54) is 25.7 Å². The van der Waals surface area contributed by atoms with Crippen LogP contribution >= 0.6 is 0 Å². The van der Waals surface area contributed by atoms with Crippen LogP contribution < -0.4 is 10.6 Å². The number of hydrogen-bond donors (Lipinski definition) is 2. The Morgan fingerprint density at radius 2 is 1.93 bits per heavy atom. The van der Waals surface area contributed by atoms with Crippen molar-refractivity contribution in [2.75, 3.05) is 32.7 Å². The molecule has 1 unspecified atom stereocenters. The molecule has 27 heavy (non-hydrogen) atoms. The molecule has 0 bridgehead atoms. The quantitative estimate of drug-likeness (QED) is 0.503. The molecule has 1 heterocycles. The first-order valence-electron chi connectivity index (χ1n) is 11.2. The smallest absolute Gasteiger partial charge is 0.225 e. The van der Waals surface area contributed by atoms with Crippen molar-refractivity contribution in [1.82, 2.24) is 20.4 Å². The van der Waals surface area contributed by atoms with Crippen LogP contribution in [0.3, 0.4) is 0 Å². The third-order valence-corrected chi connectivity index (χ3v) is 6.20. The lowest BCUT2D eigenvalue weighted by molar-refractivity contribution is -0.134. The highest BCUT2D eigenvalue weighted by Crippen LogP contribution is 2.28. The molecule has 2 saturated carbocycles. The molecule has 0 aromatic carbocycles. The van der Waals surface area contributed by atoms with Gasteiger partial charge in [-0.1, -0.05) is 12.8 Å². The second-order valence-electron chi connectivity index (χ2n) is 8.72. The van der Waals surface area contributed by atoms with Crippen molar-refractivity contribution in [3.05, 3.63) is 0 Å². The van der Waals surface area contributed by atoms with Crippen LogP contribution in [0.1, 0.15) is 65.7 Å². The Bertz CT molecular complexity index is 509. The Hall–Kier alpha value is -1.30. The lowest BCUT2D eigenvalue weighted by Gasteiger charge is -2.25. The second-order valence-corrected chi connectivity index (χ2v) is 8.72. The number of aliphatic imine (C=N–C) groups is 1. The van der Waals surface area contributed by atoms with E-state index in [1.807, 2.05) is 0 Å². The SMILES string of the molecule is CCNC(=NCCN(C(C)C)C1CC1)NC1CCN(C(=O)C2CCCC2)C1. The first kappa shape index (κ1) is 20.4. The number of carbonyl (C=O) groups excluding carboxylic acids is 1. The van der Waals surface area contributed by atoms with Gasteiger partial charge in [0, 0.05) is 50.2 Å². The molecule has 1 saturated heterocycles. The minimum atomic E-state index is 0.287. The monoisotopic (exact) mass is 377 g/mol. The van der Waals surface area contributed by atoms with Gasteiger partial charge in [0.05, 0.1) is 6.54 Å². The molecule has 2 aliphatic carbocycles. The Balaban J connectivity index is 1.46. The van der Waals surface area contributed by atoms with E-state index in [0.29, 0.717) is 18.0 Å². The van der Waals surface area contributed by atoms with Crippen molar-refractivity contribution in [3.8, 4) is 0 Å². The largest absolute Gasteiger partial charge is 0.357 e. The topological polar surface area (TPSA) is 60.0 Å². The summed E-state index contributed by atoms with van der Waals surface area (Å²) >= 11 is 0. The van der Waals surface area contributed by atoms with Gasteiger partial charge in [0.1, 0.15) is 0 Å². The molecule has 0 aromatic heterocycles. The normalized spacial score (nSPS) is 24.3. The van der Waals surface area contributed by atoms with Crippen molar-refractivity contribution in [1.29, 1.82) is 0 Å². The summed E-state index contributed by atoms with van der Waals surface area (Å²) < 4.78 is 0. The van der Waals surface area contributed by atoms with Crippen LogP contribution in [-0.4, -0.2) is 72.5 Å². The van der Waals surface area contributed by atoms with Crippen LogP contribution in [0.25, 0.3) is 0 Å². The van der Waals surface area contributed by atoms with Crippen LogP contribution in [-0.2, 0) is 4.79 Å². The van der Waals surface area contributed by atoms with Crippen LogP contribution in [0, 0.1) is 5.92 Å². The van der Waals surface area contributed by atoms with Gasteiger partial charge in [0.25, 0.3) is 0 Å². The van der Waals surface area contributed by atoms with Gasteiger partial charge in [-0.05, 0) is 52.9 Å². The molecule has 1 amide bonds. The van der Waals surface area contributed by atoms with Gasteiger partial charge in [0.15, 0.2) is 5.96 Å². The summed E-state index contributed by atoms with van der Waals surface area (Å²) in [4.78, 5) is 22.1. The van der Waals surface area contributed by atoms with Crippen LogP contribution in [0.5, 0.6) is 0 Å². The molecule has 0 aromatic rings. The highest BCUT2D eigenvalue weighted by atomic mass is 16.2. The molecule has 6 heteroatoms. The fourth-order valence-corrected chi connectivity index (χ4v) is 4.57. The number of nitrogens with one attached hydrogen (secondary N) is 2. The molecule has 1 atom stereocenters. The molecular weight excluding hydrogens is 338 g/mol. The van der Waals surface area contributed by atoms with E-state index < -0.39 is 0 Å². The average molecular weight is 378 g/mol. The van der Waals surface area contributed by atoms with Gasteiger partial charge in [-0.2, -0.15) is 0 Å². The van der Waals surface area contributed by atoms with E-state index in [4.69, 9.17) is 4.99 Å². The molecule has 0 radical (unpaired) electrons. The number of rotatable bonds is 8. The first-order valence-corrected chi connectivity index (χ1v) is 11.2. The van der Waals surface area contributed by atoms with Crippen LogP contribution in [0.4, 0.5) is 0 Å². The maximum Gasteiger partial charge on any atom is 0.225 e. The molecule has 3 aliphatic rings. The minimum Gasteiger partial charge on any atom is -0.357 e. The molecule has 154 valence electrons. The van der Waals surface area contributed by atoms with Crippen molar-refractivity contribution >= 4 is 11.9 Å². The fraction of sp³-hybridized carbons (Fsp3) is 0.905. The Labute approximate surface area is 165 Å². The number of hydrogen-bond acceptors (Lipinski definition) is 3. The third-order valence-electron chi connectivity index (χ3n) is 6.20. The van der Waals surface area contributed by atoms with E-state index in [2.05, 4.69) is 41.2 Å². The molecule has 3 fully saturated rings. The van der Waals surface area contributed by atoms with Crippen molar-refractivity contribution in [2.24, 2.45) is 10.9 Å². The van der Waals surface area contributed by atoms with Crippen LogP contribution in [0.2, 0.25) is 0 Å². The highest BCUT2D eigenvalue weighted by molar-refractivity contribution is 5.81. The van der Waals surface area contributed by atoms with Gasteiger partial charge in [-0.3, -0.25) is 14.7 Å². The average Bonchev–Trinajstić information content (AvgIpc) is 3.13. The Kier molecular flexibility index (Phi) is 7.39. The second kappa shape index (κ2) is 9.76. The zero-order valence-corrected chi connectivity index (χ0v) is 17.5. The lowest BCUT2D eigenvalue weighted by Crippen LogP contribution is -2.46. The van der Waals surface area contributed by atoms with Gasteiger partial charge < -0.3 is 15.5 Å². The highest BCUT2D eigenvalue weighted by Gasteiger charge is 2.33. The van der Waals surface area contributed by atoms with Crippen LogP contribution in [0.15, 0.2) is 4.99 Å². The number of amides is 1. The molecule has 6 nitrogen and oxygen atoms in total. The molecule has 1 aliphatic heterocycles. The van der Waals surface area contributed by atoms with Crippen molar-refractivity contribution < 1.29 is 4.79 Å². The summed E-state index contributed by atoms with van der Waals surface area (Å²) in [5.41, 5.74) is 0. The predicted molar refractivity (Wildman–Crippen MR) is 111 cm³/mol. The molecule has 3 rings (SSSR count). The number of guanidine groups is 1. The fourth-order valence-electron chi connectivity index (χ4n) is 4.57. The number of carbonyl (C=O) groups is 1. The third kappa shape index (κ3) is 5.84. The van der Waals surface area contributed by atoms with Gasteiger partial charge in [-0.25, -0.2) is 0 Å². The first-order chi connectivity index (χ1) is 13.1. The Morgan fingerprint density at radius 3 is 2.56 bits per heavy atom. The number of likely N-dealkylation sites (tertiary alicyclic amines) is 1. The number of nitrogens with zero attached hydrogens (tertiary/aromatic N) is 3. The van der Waals surface area contributed by atoms with E-state index in [0.717, 1.165) is 64.0 Å². The van der Waals surface area contributed by atoms with E-state index in [9.17, 15) is 4.79 Å². The summed E-state index contributed by atoms with van der Waals surface area (Å²) in [5, 5.41) is 6.94. The maximum absolute atomic E-state index is 12.6. The zero-order chi connectivity index (χ0) is 19.2. The zero-order valence-electron chi connectivity index (χ0n) is 17.5. The van der Waals surface area contributed by atoms with Gasteiger partial charge in [0.2, 0.25) is 5.91 Å². The van der Waals surface area contributed by atoms with E-state index in [-0.39, 0.29) is 5.92 Å². The minimum absolute atomic E-state index is 0.287. The summed E-state index contributed by atoms with van der Waals surface area (Å²) in [7, 11) is 0. The standard InChI is InChI=1S/C21H39N5O/c1-4-22-21(23-12-14-26(16(2)3)19-9-10-19)24-18-11-13-25(15-18)20(27)17-7-5-6-8-17/h16-19H,4-15H2,1-3H3,(H2,22,23,24). The van der Waals surface area contributed by atoms with Crippen molar-refractivity contribution in [3.63, 3.8) is 0 Å². The Morgan fingerprint density at radius 1 is 1.19 bits per heavy atom. The summed E-state index contributed by atoms with van der Waals surface area (Å²) in [6, 6.07) is 1.69. The molecular formula is C21H39N5O. The molecule has 2 N–H and O–H groups in total. The van der Waals surface area contributed by atoms with E-state index in [1.54, 1.807) is 0 Å². The lowest BCUT2D eigenvalue weighted by atomic mass is 10.1. The summed E-state index contributed by atoms with van der Waals surface area (Å²) in [6.07, 6.45) is 8.31. The summed E-state index contributed by atoms with van der Waals surface area (Å²) in [6.45, 7) is 11.1. The van der Waals surface area contributed by atoms with Gasteiger partial charge in [-0.15, -0.1) is 0 Å². The maximum atomic E-state index is 12.6. The van der Waals surface area contributed by atoms with E-state index >= 15 is 0 Å². The molecule has 0 spiro atoms. The van der Waals surface area contributed by atoms with Gasteiger partial charge >= 0.3 is 0 Å². The predicted octanol–water partition coefficient (Wildman–Crippen LogP) is 2.21. The summed E-state index contributed by atoms with van der Waals surface area (Å²) in [5.74, 6) is 1.57. The van der Waals surface area contributed by atoms with Crippen molar-refractivity contribution in [2.45, 2.75) is 83.8 Å².